The van der Waals surface area contributed by atoms with Crippen LogP contribution in [-0.2, 0) is 0 Å². The van der Waals surface area contributed by atoms with Crippen LogP contribution in [0, 0.1) is 5.92 Å². The Bertz CT molecular complexity index is 585. The van der Waals surface area contributed by atoms with Gasteiger partial charge in [0.1, 0.15) is 0 Å². The van der Waals surface area contributed by atoms with E-state index in [9.17, 15) is 4.79 Å². The van der Waals surface area contributed by atoms with Crippen molar-refractivity contribution in [2.75, 3.05) is 6.54 Å². The summed E-state index contributed by atoms with van der Waals surface area (Å²) in [7, 11) is 0. The van der Waals surface area contributed by atoms with Gasteiger partial charge in [-0.1, -0.05) is 56.2 Å². The van der Waals surface area contributed by atoms with E-state index >= 15 is 0 Å². The normalized spacial score (nSPS) is 12.5. The van der Waals surface area contributed by atoms with Crippen LogP contribution in [0.2, 0.25) is 0 Å². The molecule has 0 bridgehead atoms. The van der Waals surface area contributed by atoms with Gasteiger partial charge in [0.25, 0.3) is 0 Å². The standard InChI is InChI=1S/C19H25NO/c1-2-5-15(12-13-20)8-11-19(21)18-10-9-16-6-3-4-7-17(16)14-18/h3-4,6-7,9-10,14-15H,2,5,8,11-13,20H2,1H3. The molecule has 0 aromatic heterocycles. The second-order valence-electron chi connectivity index (χ2n) is 5.76. The first kappa shape index (κ1) is 15.7. The molecule has 2 nitrogen and oxygen atoms in total. The number of fused-ring (bicyclic) bond motifs is 1. The third-order valence-corrected chi connectivity index (χ3v) is 4.12. The molecule has 2 aromatic rings. The molecular formula is C19H25NO. The third-order valence-electron chi connectivity index (χ3n) is 4.12. The van der Waals surface area contributed by atoms with E-state index in [1.807, 2.05) is 30.3 Å². The van der Waals surface area contributed by atoms with Gasteiger partial charge in [0, 0.05) is 12.0 Å². The first-order chi connectivity index (χ1) is 10.2. The van der Waals surface area contributed by atoms with Gasteiger partial charge >= 0.3 is 0 Å². The monoisotopic (exact) mass is 283 g/mol. The van der Waals surface area contributed by atoms with Gasteiger partial charge in [-0.05, 0) is 42.1 Å². The smallest absolute Gasteiger partial charge is 0.162 e. The molecule has 0 aliphatic rings. The van der Waals surface area contributed by atoms with Gasteiger partial charge in [-0.25, -0.2) is 0 Å². The van der Waals surface area contributed by atoms with Crippen LogP contribution in [0.5, 0.6) is 0 Å². The van der Waals surface area contributed by atoms with Crippen molar-refractivity contribution in [3.05, 3.63) is 48.0 Å². The van der Waals surface area contributed by atoms with Crippen molar-refractivity contribution < 1.29 is 4.79 Å². The van der Waals surface area contributed by atoms with E-state index in [4.69, 9.17) is 5.73 Å². The predicted molar refractivity (Wildman–Crippen MR) is 89.6 cm³/mol. The molecule has 0 spiro atoms. The van der Waals surface area contributed by atoms with Crippen LogP contribution in [0.3, 0.4) is 0 Å². The van der Waals surface area contributed by atoms with E-state index in [0.717, 1.165) is 36.8 Å². The fourth-order valence-electron chi connectivity index (χ4n) is 2.92. The van der Waals surface area contributed by atoms with Gasteiger partial charge in [-0.3, -0.25) is 4.79 Å². The van der Waals surface area contributed by atoms with Crippen molar-refractivity contribution in [1.29, 1.82) is 0 Å². The lowest BCUT2D eigenvalue weighted by atomic mass is 9.92. The van der Waals surface area contributed by atoms with Crippen LogP contribution < -0.4 is 5.73 Å². The highest BCUT2D eigenvalue weighted by molar-refractivity contribution is 5.99. The summed E-state index contributed by atoms with van der Waals surface area (Å²) in [4.78, 5) is 12.4. The number of hydrogen-bond acceptors (Lipinski definition) is 2. The van der Waals surface area contributed by atoms with Crippen LogP contribution in [0.15, 0.2) is 42.5 Å². The van der Waals surface area contributed by atoms with E-state index < -0.39 is 0 Å². The van der Waals surface area contributed by atoms with E-state index in [1.165, 1.54) is 11.8 Å². The summed E-state index contributed by atoms with van der Waals surface area (Å²) in [6.07, 6.45) is 4.94. The second kappa shape index (κ2) is 7.94. The third kappa shape index (κ3) is 4.40. The molecule has 0 aliphatic heterocycles. The number of hydrogen-bond donors (Lipinski definition) is 1. The van der Waals surface area contributed by atoms with Crippen LogP contribution in [-0.4, -0.2) is 12.3 Å². The largest absolute Gasteiger partial charge is 0.330 e. The second-order valence-corrected chi connectivity index (χ2v) is 5.76. The zero-order chi connectivity index (χ0) is 15.1. The zero-order valence-corrected chi connectivity index (χ0v) is 12.8. The molecule has 0 saturated carbocycles. The molecule has 0 heterocycles. The quantitative estimate of drug-likeness (QED) is 0.721. The molecule has 112 valence electrons. The van der Waals surface area contributed by atoms with E-state index in [1.54, 1.807) is 0 Å². The van der Waals surface area contributed by atoms with Gasteiger partial charge in [-0.2, -0.15) is 0 Å². The summed E-state index contributed by atoms with van der Waals surface area (Å²) < 4.78 is 0. The Morgan fingerprint density at radius 3 is 2.52 bits per heavy atom. The topological polar surface area (TPSA) is 43.1 Å². The Morgan fingerprint density at radius 2 is 1.81 bits per heavy atom. The summed E-state index contributed by atoms with van der Waals surface area (Å²) in [6, 6.07) is 14.1. The Balaban J connectivity index is 2.01. The average molecular weight is 283 g/mol. The van der Waals surface area contributed by atoms with Crippen LogP contribution >= 0.6 is 0 Å². The highest BCUT2D eigenvalue weighted by atomic mass is 16.1. The first-order valence-electron chi connectivity index (χ1n) is 7.96. The van der Waals surface area contributed by atoms with Crippen molar-refractivity contribution in [3.63, 3.8) is 0 Å². The molecule has 0 aliphatic carbocycles. The molecule has 2 rings (SSSR count). The van der Waals surface area contributed by atoms with Crippen molar-refractivity contribution in [2.45, 2.75) is 39.0 Å². The summed E-state index contributed by atoms with van der Waals surface area (Å²) in [5.74, 6) is 0.836. The highest BCUT2D eigenvalue weighted by Crippen LogP contribution is 2.21. The van der Waals surface area contributed by atoms with Gasteiger partial charge in [-0.15, -0.1) is 0 Å². The molecular weight excluding hydrogens is 258 g/mol. The average Bonchev–Trinajstić information content (AvgIpc) is 2.52. The SMILES string of the molecule is CCCC(CCN)CCC(=O)c1ccc2ccccc2c1. The Hall–Kier alpha value is -1.67. The zero-order valence-electron chi connectivity index (χ0n) is 12.8. The van der Waals surface area contributed by atoms with Crippen LogP contribution in [0.25, 0.3) is 10.8 Å². The minimum Gasteiger partial charge on any atom is -0.330 e. The molecule has 1 unspecified atom stereocenters. The number of ketones is 1. The molecule has 1 atom stereocenters. The molecule has 2 heteroatoms. The molecule has 0 fully saturated rings. The maximum absolute atomic E-state index is 12.4. The number of Topliss-reactive ketones (excluding diaryl/α,β-unsaturated/α-hetero) is 1. The molecule has 0 radical (unpaired) electrons. The van der Waals surface area contributed by atoms with Gasteiger partial charge in [0.15, 0.2) is 5.78 Å². The first-order valence-corrected chi connectivity index (χ1v) is 7.96. The molecule has 0 saturated heterocycles. The molecule has 21 heavy (non-hydrogen) atoms. The number of carbonyl (C=O) groups is 1. The molecule has 2 N–H and O–H groups in total. The molecule has 0 amide bonds. The number of rotatable bonds is 8. The lowest BCUT2D eigenvalue weighted by Crippen LogP contribution is -2.11. The summed E-state index contributed by atoms with van der Waals surface area (Å²) in [6.45, 7) is 2.91. The summed E-state index contributed by atoms with van der Waals surface area (Å²) >= 11 is 0. The Kier molecular flexibility index (Phi) is 5.94. The van der Waals surface area contributed by atoms with Crippen molar-refractivity contribution >= 4 is 16.6 Å². The lowest BCUT2D eigenvalue weighted by molar-refractivity contribution is 0.0972. The van der Waals surface area contributed by atoms with E-state index in [-0.39, 0.29) is 5.78 Å². The van der Waals surface area contributed by atoms with Gasteiger partial charge < -0.3 is 5.73 Å². The fraction of sp³-hybridized carbons (Fsp3) is 0.421. The van der Waals surface area contributed by atoms with Crippen molar-refractivity contribution in [3.8, 4) is 0 Å². The maximum atomic E-state index is 12.4. The fourth-order valence-corrected chi connectivity index (χ4v) is 2.92. The minimum absolute atomic E-state index is 0.249. The van der Waals surface area contributed by atoms with Crippen LogP contribution in [0.4, 0.5) is 0 Å². The van der Waals surface area contributed by atoms with Crippen molar-refractivity contribution in [1.82, 2.24) is 0 Å². The van der Waals surface area contributed by atoms with Crippen molar-refractivity contribution in [2.24, 2.45) is 11.7 Å². The maximum Gasteiger partial charge on any atom is 0.162 e. The Labute approximate surface area is 127 Å². The minimum atomic E-state index is 0.249. The highest BCUT2D eigenvalue weighted by Gasteiger charge is 2.12. The molecule has 2 aromatic carbocycles. The Morgan fingerprint density at radius 1 is 1.05 bits per heavy atom. The van der Waals surface area contributed by atoms with Gasteiger partial charge in [0.2, 0.25) is 0 Å². The number of benzene rings is 2. The summed E-state index contributed by atoms with van der Waals surface area (Å²) in [5.41, 5.74) is 6.48. The lowest BCUT2D eigenvalue weighted by Gasteiger charge is -2.14. The summed E-state index contributed by atoms with van der Waals surface area (Å²) in [5, 5.41) is 2.32. The predicted octanol–water partition coefficient (Wildman–Crippen LogP) is 4.57. The number of nitrogens with two attached hydrogens (primary N) is 1. The van der Waals surface area contributed by atoms with E-state index in [0.29, 0.717) is 12.3 Å². The number of carbonyl (C=O) groups excluding carboxylic acids is 1. The van der Waals surface area contributed by atoms with Crippen LogP contribution in [0.1, 0.15) is 49.4 Å². The van der Waals surface area contributed by atoms with Gasteiger partial charge in [0.05, 0.1) is 0 Å². The van der Waals surface area contributed by atoms with E-state index in [2.05, 4.69) is 19.1 Å².